The molecule has 3 aromatic rings. The molecule has 138 valence electrons. The van der Waals surface area contributed by atoms with Gasteiger partial charge in [0.05, 0.1) is 6.54 Å². The first-order valence-electron chi connectivity index (χ1n) is 8.38. The van der Waals surface area contributed by atoms with Crippen molar-refractivity contribution in [3.8, 4) is 5.75 Å². The second-order valence-corrected chi connectivity index (χ2v) is 6.84. The van der Waals surface area contributed by atoms with E-state index in [9.17, 15) is 4.79 Å². The predicted molar refractivity (Wildman–Crippen MR) is 109 cm³/mol. The molecule has 0 aliphatic carbocycles. The van der Waals surface area contributed by atoms with Gasteiger partial charge in [-0.3, -0.25) is 9.69 Å². The third-order valence-corrected chi connectivity index (χ3v) is 4.65. The molecule has 27 heavy (non-hydrogen) atoms. The quantitative estimate of drug-likeness (QED) is 0.562. The molecular formula is C21H18Cl2N2O2. The van der Waals surface area contributed by atoms with Gasteiger partial charge < -0.3 is 4.74 Å². The topological polar surface area (TPSA) is 42.4 Å². The molecule has 0 saturated carbocycles. The lowest BCUT2D eigenvalue weighted by atomic mass is 10.2. The van der Waals surface area contributed by atoms with E-state index in [4.69, 9.17) is 27.9 Å². The molecule has 6 heteroatoms. The van der Waals surface area contributed by atoms with Crippen LogP contribution in [0.3, 0.4) is 0 Å². The molecule has 4 nitrogen and oxygen atoms in total. The fourth-order valence-corrected chi connectivity index (χ4v) is 2.76. The smallest absolute Gasteiger partial charge is 0.266 e. The maximum absolute atomic E-state index is 12.8. The van der Waals surface area contributed by atoms with Crippen molar-refractivity contribution < 1.29 is 9.53 Å². The zero-order valence-corrected chi connectivity index (χ0v) is 16.2. The Balaban J connectivity index is 1.76. The van der Waals surface area contributed by atoms with Gasteiger partial charge >= 0.3 is 0 Å². The van der Waals surface area contributed by atoms with Gasteiger partial charge in [-0.05, 0) is 60.5 Å². The van der Waals surface area contributed by atoms with Crippen LogP contribution in [0.2, 0.25) is 10.0 Å². The summed E-state index contributed by atoms with van der Waals surface area (Å²) >= 11 is 12.0. The van der Waals surface area contributed by atoms with E-state index < -0.39 is 0 Å². The number of aromatic nitrogens is 1. The Labute approximate surface area is 168 Å². The van der Waals surface area contributed by atoms with Crippen LogP contribution >= 0.6 is 23.2 Å². The van der Waals surface area contributed by atoms with E-state index in [0.717, 1.165) is 11.1 Å². The minimum absolute atomic E-state index is 0.106. The summed E-state index contributed by atoms with van der Waals surface area (Å²) < 4.78 is 5.66. The van der Waals surface area contributed by atoms with Crippen LogP contribution in [0.5, 0.6) is 5.75 Å². The molecule has 0 N–H and O–H groups in total. The molecule has 3 rings (SSSR count). The summed E-state index contributed by atoms with van der Waals surface area (Å²) in [5, 5.41) is 1.31. The standard InChI is InChI=1S/C21H18Cl2N2O2/c1-15-12-18(9-10-19(15)23)27-14-21(26)25(20-4-2-3-11-24-20)13-16-5-7-17(22)8-6-16/h2-12H,13-14H2,1H3. The van der Waals surface area contributed by atoms with Crippen LogP contribution in [-0.2, 0) is 11.3 Å². The van der Waals surface area contributed by atoms with Crippen LogP contribution in [0.25, 0.3) is 0 Å². The maximum atomic E-state index is 12.8. The molecule has 0 aliphatic heterocycles. The number of anilines is 1. The molecule has 2 aromatic carbocycles. The molecule has 0 saturated heterocycles. The second kappa shape index (κ2) is 8.89. The van der Waals surface area contributed by atoms with E-state index in [-0.39, 0.29) is 12.5 Å². The van der Waals surface area contributed by atoms with Gasteiger partial charge in [-0.25, -0.2) is 4.98 Å². The molecule has 1 heterocycles. The van der Waals surface area contributed by atoms with Crippen LogP contribution in [0.1, 0.15) is 11.1 Å². The number of carbonyl (C=O) groups excluding carboxylic acids is 1. The fraction of sp³-hybridized carbons (Fsp3) is 0.143. The molecule has 0 bridgehead atoms. The second-order valence-electron chi connectivity index (χ2n) is 5.99. The number of benzene rings is 2. The highest BCUT2D eigenvalue weighted by Crippen LogP contribution is 2.22. The Hall–Kier alpha value is -2.56. The number of amides is 1. The van der Waals surface area contributed by atoms with Crippen LogP contribution in [0, 0.1) is 6.92 Å². The summed E-state index contributed by atoms with van der Waals surface area (Å²) in [6.07, 6.45) is 1.65. The van der Waals surface area contributed by atoms with Crippen molar-refractivity contribution in [2.24, 2.45) is 0 Å². The highest BCUT2D eigenvalue weighted by Gasteiger charge is 2.18. The summed E-state index contributed by atoms with van der Waals surface area (Å²) in [5.41, 5.74) is 1.84. The molecule has 0 atom stereocenters. The van der Waals surface area contributed by atoms with E-state index in [1.165, 1.54) is 0 Å². The van der Waals surface area contributed by atoms with Gasteiger partial charge in [0.2, 0.25) is 0 Å². The largest absolute Gasteiger partial charge is 0.484 e. The van der Waals surface area contributed by atoms with E-state index in [0.29, 0.717) is 28.2 Å². The normalized spacial score (nSPS) is 10.5. The van der Waals surface area contributed by atoms with Crippen LogP contribution in [0.15, 0.2) is 66.9 Å². The first-order chi connectivity index (χ1) is 13.0. The summed E-state index contributed by atoms with van der Waals surface area (Å²) in [6, 6.07) is 18.1. The Morgan fingerprint density at radius 1 is 1.07 bits per heavy atom. The third-order valence-electron chi connectivity index (χ3n) is 3.97. The Bertz CT molecular complexity index is 915. The van der Waals surface area contributed by atoms with E-state index in [1.807, 2.05) is 25.1 Å². The van der Waals surface area contributed by atoms with Crippen molar-refractivity contribution in [1.29, 1.82) is 0 Å². The van der Waals surface area contributed by atoms with Crippen molar-refractivity contribution in [3.63, 3.8) is 0 Å². The summed E-state index contributed by atoms with van der Waals surface area (Å²) in [4.78, 5) is 18.7. The molecule has 0 aliphatic rings. The Kier molecular flexibility index (Phi) is 6.32. The summed E-state index contributed by atoms with van der Waals surface area (Å²) in [7, 11) is 0. The lowest BCUT2D eigenvalue weighted by molar-refractivity contribution is -0.120. The van der Waals surface area contributed by atoms with Gasteiger partial charge in [0.1, 0.15) is 11.6 Å². The number of hydrogen-bond donors (Lipinski definition) is 0. The highest BCUT2D eigenvalue weighted by atomic mass is 35.5. The van der Waals surface area contributed by atoms with E-state index in [1.54, 1.807) is 53.6 Å². The average Bonchev–Trinajstić information content (AvgIpc) is 2.69. The third kappa shape index (κ3) is 5.22. The summed E-state index contributed by atoms with van der Waals surface area (Å²) in [5.74, 6) is 0.960. The van der Waals surface area contributed by atoms with Gasteiger partial charge in [0.25, 0.3) is 5.91 Å². The van der Waals surface area contributed by atoms with Crippen LogP contribution in [-0.4, -0.2) is 17.5 Å². The maximum Gasteiger partial charge on any atom is 0.266 e. The van der Waals surface area contributed by atoms with Gasteiger partial charge in [0.15, 0.2) is 6.61 Å². The molecular weight excluding hydrogens is 383 g/mol. The zero-order chi connectivity index (χ0) is 19.2. The number of halogens is 2. The number of aryl methyl sites for hydroxylation is 1. The monoisotopic (exact) mass is 400 g/mol. The molecule has 0 radical (unpaired) electrons. The Morgan fingerprint density at radius 2 is 1.85 bits per heavy atom. The molecule has 0 unspecified atom stereocenters. The number of pyridine rings is 1. The van der Waals surface area contributed by atoms with Crippen LogP contribution in [0.4, 0.5) is 5.82 Å². The molecule has 1 aromatic heterocycles. The van der Waals surface area contributed by atoms with Crippen molar-refractivity contribution in [2.45, 2.75) is 13.5 Å². The first kappa shape index (κ1) is 19.2. The number of rotatable bonds is 6. The van der Waals surface area contributed by atoms with Crippen molar-refractivity contribution in [1.82, 2.24) is 4.98 Å². The van der Waals surface area contributed by atoms with E-state index in [2.05, 4.69) is 4.98 Å². The number of hydrogen-bond acceptors (Lipinski definition) is 3. The van der Waals surface area contributed by atoms with Gasteiger partial charge in [-0.15, -0.1) is 0 Å². The summed E-state index contributed by atoms with van der Waals surface area (Å²) in [6.45, 7) is 2.15. The van der Waals surface area contributed by atoms with Gasteiger partial charge in [0, 0.05) is 16.2 Å². The molecule has 0 spiro atoms. The minimum Gasteiger partial charge on any atom is -0.484 e. The van der Waals surface area contributed by atoms with E-state index >= 15 is 0 Å². The lowest BCUT2D eigenvalue weighted by Gasteiger charge is -2.22. The minimum atomic E-state index is -0.198. The first-order valence-corrected chi connectivity index (χ1v) is 9.13. The highest BCUT2D eigenvalue weighted by molar-refractivity contribution is 6.31. The SMILES string of the molecule is Cc1cc(OCC(=O)N(Cc2ccc(Cl)cc2)c2ccccn2)ccc1Cl. The van der Waals surface area contributed by atoms with Crippen molar-refractivity contribution >= 4 is 34.9 Å². The average molecular weight is 401 g/mol. The predicted octanol–water partition coefficient (Wildman–Crippen LogP) is 5.31. The molecule has 1 amide bonds. The number of nitrogens with zero attached hydrogens (tertiary/aromatic N) is 2. The fourth-order valence-electron chi connectivity index (χ4n) is 2.51. The number of carbonyl (C=O) groups is 1. The van der Waals surface area contributed by atoms with Crippen molar-refractivity contribution in [3.05, 3.63) is 88.0 Å². The van der Waals surface area contributed by atoms with Gasteiger partial charge in [-0.2, -0.15) is 0 Å². The molecule has 0 fully saturated rings. The Morgan fingerprint density at radius 3 is 2.52 bits per heavy atom. The van der Waals surface area contributed by atoms with Crippen LogP contribution < -0.4 is 9.64 Å². The van der Waals surface area contributed by atoms with Gasteiger partial charge in [-0.1, -0.05) is 41.4 Å². The van der Waals surface area contributed by atoms with Crippen molar-refractivity contribution in [2.75, 3.05) is 11.5 Å². The number of ether oxygens (including phenoxy) is 1. The zero-order valence-electron chi connectivity index (χ0n) is 14.7. The lowest BCUT2D eigenvalue weighted by Crippen LogP contribution is -2.35.